The van der Waals surface area contributed by atoms with Crippen LogP contribution >= 0.6 is 0 Å². The van der Waals surface area contributed by atoms with Crippen LogP contribution in [0.4, 0.5) is 11.6 Å². The number of phenolic OH excluding ortho intramolecular Hbond substituents is 1. The summed E-state index contributed by atoms with van der Waals surface area (Å²) in [7, 11) is 0. The highest BCUT2D eigenvalue weighted by Crippen LogP contribution is 2.37. The SMILES string of the molecule is CC1=C(C(=O)Nc2ccccc2)C(c2ccc(C#N)cc2)n2nc(-c3ccc(O)cc3)nc2N1. The summed E-state index contributed by atoms with van der Waals surface area (Å²) in [6, 6.07) is 24.5. The molecule has 0 bridgehead atoms. The number of aromatic hydroxyl groups is 1. The van der Waals surface area contributed by atoms with Crippen molar-refractivity contribution in [2.24, 2.45) is 0 Å². The van der Waals surface area contributed by atoms with Crippen molar-refractivity contribution in [1.82, 2.24) is 14.8 Å². The number of phenols is 1. The number of hydrogen-bond acceptors (Lipinski definition) is 6. The number of nitrogens with one attached hydrogen (secondary N) is 2. The summed E-state index contributed by atoms with van der Waals surface area (Å²) in [5.74, 6) is 0.835. The molecule has 1 aromatic heterocycles. The van der Waals surface area contributed by atoms with E-state index in [0.29, 0.717) is 34.3 Å². The van der Waals surface area contributed by atoms with E-state index >= 15 is 0 Å². The van der Waals surface area contributed by atoms with Crippen molar-refractivity contribution >= 4 is 17.5 Å². The second-order valence-corrected chi connectivity index (χ2v) is 7.87. The Morgan fingerprint density at radius 2 is 1.76 bits per heavy atom. The Balaban J connectivity index is 1.60. The molecular formula is C26H20N6O2. The number of amides is 1. The van der Waals surface area contributed by atoms with Crippen LogP contribution in [0.2, 0.25) is 0 Å². The first kappa shape index (κ1) is 21.0. The van der Waals surface area contributed by atoms with Crippen molar-refractivity contribution in [2.75, 3.05) is 10.6 Å². The lowest BCUT2D eigenvalue weighted by atomic mass is 9.94. The molecule has 166 valence electrons. The molecule has 1 aliphatic heterocycles. The van der Waals surface area contributed by atoms with Crippen LogP contribution in [0.1, 0.15) is 24.1 Å². The highest BCUT2D eigenvalue weighted by Gasteiger charge is 2.34. The zero-order valence-electron chi connectivity index (χ0n) is 18.2. The summed E-state index contributed by atoms with van der Waals surface area (Å²) >= 11 is 0. The smallest absolute Gasteiger partial charge is 0.255 e. The molecule has 3 N–H and O–H groups in total. The number of nitrogens with zero attached hydrogens (tertiary/aromatic N) is 4. The minimum atomic E-state index is -0.564. The van der Waals surface area contributed by atoms with Gasteiger partial charge in [0.15, 0.2) is 5.82 Å². The second kappa shape index (κ2) is 8.56. The van der Waals surface area contributed by atoms with Gasteiger partial charge in [0.2, 0.25) is 5.95 Å². The van der Waals surface area contributed by atoms with Crippen LogP contribution in [0.25, 0.3) is 11.4 Å². The summed E-state index contributed by atoms with van der Waals surface area (Å²) in [5, 5.41) is 29.7. The molecule has 8 nitrogen and oxygen atoms in total. The van der Waals surface area contributed by atoms with E-state index in [-0.39, 0.29) is 11.7 Å². The van der Waals surface area contributed by atoms with Gasteiger partial charge in [0.05, 0.1) is 17.2 Å². The topological polar surface area (TPSA) is 116 Å². The van der Waals surface area contributed by atoms with Crippen LogP contribution in [0.15, 0.2) is 90.1 Å². The van der Waals surface area contributed by atoms with Crippen molar-refractivity contribution in [3.8, 4) is 23.2 Å². The minimum absolute atomic E-state index is 0.152. The Hall–Kier alpha value is -4.90. The number of nitriles is 1. The van der Waals surface area contributed by atoms with Crippen LogP contribution in [0.5, 0.6) is 5.75 Å². The first-order valence-corrected chi connectivity index (χ1v) is 10.6. The van der Waals surface area contributed by atoms with E-state index in [4.69, 9.17) is 5.10 Å². The lowest BCUT2D eigenvalue weighted by molar-refractivity contribution is -0.113. The standard InChI is InChI=1S/C26H20N6O2/c1-16-22(25(34)29-20-5-3-2-4-6-20)23(18-9-7-17(15-27)8-10-18)32-26(28-16)30-24(31-32)19-11-13-21(33)14-12-19/h2-14,23,33H,1H3,(H,29,34)(H,28,30,31). The molecule has 2 heterocycles. The second-order valence-electron chi connectivity index (χ2n) is 7.87. The molecule has 3 aromatic carbocycles. The molecule has 0 spiro atoms. The van der Waals surface area contributed by atoms with Gasteiger partial charge >= 0.3 is 0 Å². The largest absolute Gasteiger partial charge is 0.508 e. The number of hydrogen-bond donors (Lipinski definition) is 3. The number of para-hydroxylation sites is 1. The molecule has 0 aliphatic carbocycles. The molecule has 0 fully saturated rings. The third kappa shape index (κ3) is 3.87. The maximum Gasteiger partial charge on any atom is 0.255 e. The monoisotopic (exact) mass is 448 g/mol. The normalized spacial score (nSPS) is 14.6. The zero-order valence-corrected chi connectivity index (χ0v) is 18.2. The van der Waals surface area contributed by atoms with E-state index in [1.165, 1.54) is 0 Å². The van der Waals surface area contributed by atoms with Crippen LogP contribution in [-0.2, 0) is 4.79 Å². The van der Waals surface area contributed by atoms with Crippen LogP contribution in [0.3, 0.4) is 0 Å². The highest BCUT2D eigenvalue weighted by molar-refractivity contribution is 6.06. The van der Waals surface area contributed by atoms with Gasteiger partial charge in [-0.05, 0) is 61.0 Å². The fourth-order valence-electron chi connectivity index (χ4n) is 3.95. The maximum atomic E-state index is 13.5. The van der Waals surface area contributed by atoms with E-state index in [1.807, 2.05) is 49.4 Å². The summed E-state index contributed by atoms with van der Waals surface area (Å²) in [4.78, 5) is 18.1. The van der Waals surface area contributed by atoms with Crippen LogP contribution in [0, 0.1) is 11.3 Å². The molecule has 0 saturated carbocycles. The number of carbonyl (C=O) groups excluding carboxylic acids is 1. The lowest BCUT2D eigenvalue weighted by Crippen LogP contribution is -2.31. The predicted octanol–water partition coefficient (Wildman–Crippen LogP) is 4.45. The van der Waals surface area contributed by atoms with Gasteiger partial charge in [0.1, 0.15) is 11.8 Å². The van der Waals surface area contributed by atoms with Crippen molar-refractivity contribution in [2.45, 2.75) is 13.0 Å². The molecule has 0 saturated heterocycles. The Bertz CT molecular complexity index is 1430. The van der Waals surface area contributed by atoms with E-state index in [2.05, 4.69) is 21.7 Å². The van der Waals surface area contributed by atoms with Gasteiger partial charge < -0.3 is 15.7 Å². The number of anilines is 2. The molecule has 1 unspecified atom stereocenters. The quantitative estimate of drug-likeness (QED) is 0.425. The number of carbonyl (C=O) groups is 1. The Labute approximate surface area is 195 Å². The number of rotatable bonds is 4. The molecular weight excluding hydrogens is 428 g/mol. The number of benzene rings is 3. The number of allylic oxidation sites excluding steroid dienone is 1. The molecule has 0 radical (unpaired) electrons. The van der Waals surface area contributed by atoms with Crippen LogP contribution < -0.4 is 10.6 Å². The molecule has 34 heavy (non-hydrogen) atoms. The molecule has 1 atom stereocenters. The summed E-state index contributed by atoms with van der Waals surface area (Å²) in [5.41, 5.74) is 3.87. The maximum absolute atomic E-state index is 13.5. The lowest BCUT2D eigenvalue weighted by Gasteiger charge is -2.28. The van der Waals surface area contributed by atoms with Crippen molar-refractivity contribution in [3.05, 3.63) is 101 Å². The first-order valence-electron chi connectivity index (χ1n) is 10.6. The van der Waals surface area contributed by atoms with E-state index < -0.39 is 6.04 Å². The van der Waals surface area contributed by atoms with Gasteiger partial charge in [0.25, 0.3) is 5.91 Å². The van der Waals surface area contributed by atoms with Crippen molar-refractivity contribution < 1.29 is 9.90 Å². The van der Waals surface area contributed by atoms with Gasteiger partial charge in [-0.2, -0.15) is 10.2 Å². The summed E-state index contributed by atoms with van der Waals surface area (Å²) < 4.78 is 1.68. The third-order valence-corrected chi connectivity index (χ3v) is 5.61. The fourth-order valence-corrected chi connectivity index (χ4v) is 3.95. The summed E-state index contributed by atoms with van der Waals surface area (Å²) in [6.45, 7) is 1.83. The zero-order chi connectivity index (χ0) is 23.7. The van der Waals surface area contributed by atoms with Gasteiger partial charge in [-0.3, -0.25) is 4.79 Å². The van der Waals surface area contributed by atoms with Crippen molar-refractivity contribution in [1.29, 1.82) is 5.26 Å². The number of fused-ring (bicyclic) bond motifs is 1. The van der Waals surface area contributed by atoms with E-state index in [1.54, 1.807) is 41.1 Å². The first-order chi connectivity index (χ1) is 16.5. The average molecular weight is 448 g/mol. The predicted molar refractivity (Wildman–Crippen MR) is 128 cm³/mol. The summed E-state index contributed by atoms with van der Waals surface area (Å²) in [6.07, 6.45) is 0. The van der Waals surface area contributed by atoms with Crippen LogP contribution in [-0.4, -0.2) is 25.8 Å². The van der Waals surface area contributed by atoms with Gasteiger partial charge in [0, 0.05) is 16.9 Å². The minimum Gasteiger partial charge on any atom is -0.508 e. The van der Waals surface area contributed by atoms with Gasteiger partial charge in [-0.25, -0.2) is 4.68 Å². The Kier molecular flexibility index (Phi) is 5.28. The van der Waals surface area contributed by atoms with Gasteiger partial charge in [-0.1, -0.05) is 30.3 Å². The van der Waals surface area contributed by atoms with E-state index in [9.17, 15) is 15.2 Å². The Morgan fingerprint density at radius 1 is 1.06 bits per heavy atom. The third-order valence-electron chi connectivity index (χ3n) is 5.61. The molecule has 8 heteroatoms. The average Bonchev–Trinajstić information content (AvgIpc) is 3.27. The Morgan fingerprint density at radius 3 is 2.44 bits per heavy atom. The molecule has 5 rings (SSSR count). The van der Waals surface area contributed by atoms with Crippen molar-refractivity contribution in [3.63, 3.8) is 0 Å². The molecule has 1 aliphatic rings. The fraction of sp³-hybridized carbons (Fsp3) is 0.0769. The highest BCUT2D eigenvalue weighted by atomic mass is 16.3. The number of aromatic nitrogens is 3. The molecule has 1 amide bonds. The van der Waals surface area contributed by atoms with E-state index in [0.717, 1.165) is 11.1 Å². The molecule has 4 aromatic rings. The van der Waals surface area contributed by atoms with Gasteiger partial charge in [-0.15, -0.1) is 5.10 Å².